The Morgan fingerprint density at radius 1 is 1.65 bits per heavy atom. The van der Waals surface area contributed by atoms with E-state index in [1.165, 1.54) is 18.3 Å². The van der Waals surface area contributed by atoms with E-state index in [2.05, 4.69) is 25.9 Å². The number of rotatable bonds is 5. The van der Waals surface area contributed by atoms with Crippen molar-refractivity contribution in [3.05, 3.63) is 27.1 Å². The first-order valence-electron chi connectivity index (χ1n) is 5.14. The van der Waals surface area contributed by atoms with E-state index in [1.54, 1.807) is 0 Å². The highest BCUT2D eigenvalue weighted by atomic mass is 32.1. The third-order valence-electron chi connectivity index (χ3n) is 1.93. The second-order valence-electron chi connectivity index (χ2n) is 3.40. The van der Waals surface area contributed by atoms with Crippen LogP contribution >= 0.6 is 11.3 Å². The molecule has 1 amide bonds. The Hall–Kier alpha value is -2.89. The Balaban J connectivity index is 1.86. The number of carbonyl (C=O) groups is 1. The smallest absolute Gasteiger partial charge is 0.324 e. The molecule has 0 radical (unpaired) electrons. The molecule has 0 fully saturated rings. The molecular weight excluding hydrogens is 288 g/mol. The zero-order valence-electron chi connectivity index (χ0n) is 9.83. The van der Waals surface area contributed by atoms with Gasteiger partial charge in [-0.1, -0.05) is 16.4 Å². The maximum absolute atomic E-state index is 11.4. The predicted octanol–water partition coefficient (Wildman–Crippen LogP) is -0.625. The van der Waals surface area contributed by atoms with E-state index in [1.807, 2.05) is 0 Å². The van der Waals surface area contributed by atoms with Gasteiger partial charge in [-0.15, -0.1) is 5.10 Å². The third kappa shape index (κ3) is 3.55. The van der Waals surface area contributed by atoms with E-state index in [0.717, 1.165) is 16.1 Å². The summed E-state index contributed by atoms with van der Waals surface area (Å²) in [5, 5.41) is 24.7. The molecule has 0 saturated carbocycles. The Labute approximate surface area is 115 Å². The molecule has 2 heterocycles. The number of thiophene rings is 1. The topological polar surface area (TPSA) is 154 Å². The molecule has 0 aliphatic carbocycles. The molecule has 0 atom stereocenters. The van der Waals surface area contributed by atoms with Crippen LogP contribution in [-0.2, 0) is 11.3 Å². The molecule has 0 aliphatic rings. The number of nitrogens with two attached hydrogens (primary N) is 1. The minimum absolute atomic E-state index is 0.0000622. The first-order chi connectivity index (χ1) is 9.54. The summed E-state index contributed by atoms with van der Waals surface area (Å²) in [5.74, 6) is -0.517. The van der Waals surface area contributed by atoms with Gasteiger partial charge in [0.25, 0.3) is 11.9 Å². The van der Waals surface area contributed by atoms with Crippen LogP contribution in [0.5, 0.6) is 0 Å². The van der Waals surface area contributed by atoms with E-state index in [-0.39, 0.29) is 17.5 Å². The Morgan fingerprint density at radius 3 is 3.05 bits per heavy atom. The van der Waals surface area contributed by atoms with Gasteiger partial charge in [-0.05, 0) is 11.3 Å². The number of hydrazone groups is 1. The quantitative estimate of drug-likeness (QED) is 0.423. The lowest BCUT2D eigenvalue weighted by Gasteiger charge is -1.96. The molecule has 11 nitrogen and oxygen atoms in total. The summed E-state index contributed by atoms with van der Waals surface area (Å²) in [4.78, 5) is 22.9. The number of anilines is 1. The van der Waals surface area contributed by atoms with Crippen molar-refractivity contribution in [2.24, 2.45) is 5.10 Å². The van der Waals surface area contributed by atoms with Crippen LogP contribution in [0.1, 0.15) is 4.88 Å². The van der Waals surface area contributed by atoms with Crippen LogP contribution in [0.2, 0.25) is 0 Å². The number of carbonyl (C=O) groups excluding carboxylic acids is 1. The molecule has 0 aliphatic heterocycles. The normalized spacial score (nSPS) is 10.8. The van der Waals surface area contributed by atoms with E-state index < -0.39 is 10.8 Å². The van der Waals surface area contributed by atoms with Crippen LogP contribution in [0.4, 0.5) is 10.9 Å². The van der Waals surface area contributed by atoms with Gasteiger partial charge in [-0.25, -0.2) is 5.43 Å². The lowest BCUT2D eigenvalue weighted by Crippen LogP contribution is -2.24. The highest BCUT2D eigenvalue weighted by Gasteiger charge is 2.08. The van der Waals surface area contributed by atoms with Gasteiger partial charge >= 0.3 is 5.00 Å². The van der Waals surface area contributed by atoms with E-state index in [0.29, 0.717) is 4.88 Å². The number of nitro groups is 1. The second kappa shape index (κ2) is 5.83. The zero-order chi connectivity index (χ0) is 14.5. The van der Waals surface area contributed by atoms with Gasteiger partial charge in [0.1, 0.15) is 6.54 Å². The number of aromatic nitrogens is 4. The lowest BCUT2D eigenvalue weighted by atomic mass is 10.5. The Morgan fingerprint density at radius 2 is 2.45 bits per heavy atom. The molecule has 12 heteroatoms. The number of nitrogens with one attached hydrogen (secondary N) is 1. The van der Waals surface area contributed by atoms with Gasteiger partial charge in [0.2, 0.25) is 0 Å². The van der Waals surface area contributed by atoms with Gasteiger partial charge in [0.15, 0.2) is 0 Å². The predicted molar refractivity (Wildman–Crippen MR) is 68.9 cm³/mol. The monoisotopic (exact) mass is 296 g/mol. The highest BCUT2D eigenvalue weighted by molar-refractivity contribution is 7.16. The molecule has 0 saturated heterocycles. The maximum Gasteiger partial charge on any atom is 0.324 e. The molecule has 2 aromatic heterocycles. The number of nitrogens with zero attached hydrogens (tertiary/aromatic N) is 6. The maximum atomic E-state index is 11.4. The van der Waals surface area contributed by atoms with E-state index >= 15 is 0 Å². The number of tetrazole rings is 1. The largest absolute Gasteiger partial charge is 0.365 e. The van der Waals surface area contributed by atoms with Crippen molar-refractivity contribution in [1.82, 2.24) is 25.6 Å². The van der Waals surface area contributed by atoms with Crippen LogP contribution in [0.3, 0.4) is 0 Å². The summed E-state index contributed by atoms with van der Waals surface area (Å²) >= 11 is 0.944. The Bertz CT molecular complexity index is 662. The molecule has 2 rings (SSSR count). The molecular formula is C8H8N8O3S. The fourth-order valence-electron chi connectivity index (χ4n) is 1.16. The van der Waals surface area contributed by atoms with Crippen molar-refractivity contribution >= 4 is 34.4 Å². The summed E-state index contributed by atoms with van der Waals surface area (Å²) in [6.45, 7) is -0.188. The van der Waals surface area contributed by atoms with Crippen molar-refractivity contribution in [3.8, 4) is 0 Å². The first-order valence-corrected chi connectivity index (χ1v) is 5.95. The van der Waals surface area contributed by atoms with Crippen molar-refractivity contribution < 1.29 is 9.72 Å². The number of hydrogen-bond donors (Lipinski definition) is 2. The number of amides is 1. The van der Waals surface area contributed by atoms with E-state index in [4.69, 9.17) is 5.73 Å². The summed E-state index contributed by atoms with van der Waals surface area (Å²) in [6, 6.07) is 2.88. The third-order valence-corrected chi connectivity index (χ3v) is 2.90. The summed E-state index contributed by atoms with van der Waals surface area (Å²) in [7, 11) is 0. The van der Waals surface area contributed by atoms with Crippen molar-refractivity contribution in [1.29, 1.82) is 0 Å². The van der Waals surface area contributed by atoms with Gasteiger partial charge < -0.3 is 5.73 Å². The van der Waals surface area contributed by atoms with E-state index in [9.17, 15) is 14.9 Å². The van der Waals surface area contributed by atoms with Crippen LogP contribution in [0.15, 0.2) is 17.2 Å². The first kappa shape index (κ1) is 13.5. The molecule has 20 heavy (non-hydrogen) atoms. The molecule has 0 spiro atoms. The van der Waals surface area contributed by atoms with Crippen molar-refractivity contribution in [3.63, 3.8) is 0 Å². The van der Waals surface area contributed by atoms with Crippen molar-refractivity contribution in [2.75, 3.05) is 5.73 Å². The summed E-state index contributed by atoms with van der Waals surface area (Å²) in [6.07, 6.45) is 1.30. The molecule has 0 bridgehead atoms. The average Bonchev–Trinajstić information content (AvgIpc) is 2.99. The summed E-state index contributed by atoms with van der Waals surface area (Å²) in [5.41, 5.74) is 7.46. The minimum atomic E-state index is -0.499. The second-order valence-corrected chi connectivity index (χ2v) is 4.50. The zero-order valence-corrected chi connectivity index (χ0v) is 10.6. The summed E-state index contributed by atoms with van der Waals surface area (Å²) < 4.78 is 0. The standard InChI is InChI=1S/C8H8N8O3S/c9-8-12-14-15(13-8)4-6(17)11-10-3-5-1-2-7(20-5)16(18)19/h1-3H,4H2,(H2,9,13)(H,11,17)/b10-3-. The average molecular weight is 296 g/mol. The highest BCUT2D eigenvalue weighted by Crippen LogP contribution is 2.22. The fraction of sp³-hybridized carbons (Fsp3) is 0.125. The fourth-order valence-corrected chi connectivity index (χ4v) is 1.86. The molecule has 104 valence electrons. The van der Waals surface area contributed by atoms with Gasteiger partial charge in [-0.3, -0.25) is 14.9 Å². The van der Waals surface area contributed by atoms with Crippen LogP contribution in [0, 0.1) is 10.1 Å². The molecule has 2 aromatic rings. The molecule has 0 unspecified atom stereocenters. The number of hydrogen-bond acceptors (Lipinski definition) is 9. The van der Waals surface area contributed by atoms with Crippen LogP contribution in [0.25, 0.3) is 0 Å². The molecule has 3 N–H and O–H groups in total. The van der Waals surface area contributed by atoms with Gasteiger partial charge in [0.05, 0.1) is 16.0 Å². The van der Waals surface area contributed by atoms with Crippen LogP contribution < -0.4 is 11.2 Å². The molecule has 0 aromatic carbocycles. The number of nitrogen functional groups attached to an aromatic ring is 1. The van der Waals surface area contributed by atoms with Gasteiger partial charge in [0, 0.05) is 6.07 Å². The van der Waals surface area contributed by atoms with Crippen molar-refractivity contribution in [2.45, 2.75) is 6.54 Å². The van der Waals surface area contributed by atoms with Gasteiger partial charge in [-0.2, -0.15) is 9.90 Å². The van der Waals surface area contributed by atoms with Crippen LogP contribution in [-0.4, -0.2) is 37.3 Å². The Kier molecular flexibility index (Phi) is 3.95. The minimum Gasteiger partial charge on any atom is -0.365 e. The SMILES string of the molecule is Nc1nnn(CC(=O)N/N=C\c2ccc([N+](=O)[O-])s2)n1. The lowest BCUT2D eigenvalue weighted by molar-refractivity contribution is -0.380.